The second-order valence-electron chi connectivity index (χ2n) is 7.51. The number of rotatable bonds is 7. The predicted molar refractivity (Wildman–Crippen MR) is 109 cm³/mol. The summed E-state index contributed by atoms with van der Waals surface area (Å²) in [5, 5.41) is 0. The Bertz CT molecular complexity index is 842. The molecule has 158 valence electrons. The van der Waals surface area contributed by atoms with Gasteiger partial charge in [-0.05, 0) is 44.2 Å². The number of aromatic nitrogens is 1. The Morgan fingerprint density at radius 1 is 1.04 bits per heavy atom. The second-order valence-corrected chi connectivity index (χ2v) is 11.3. The van der Waals surface area contributed by atoms with E-state index in [1.54, 1.807) is 16.4 Å². The summed E-state index contributed by atoms with van der Waals surface area (Å²) in [5.41, 5.74) is 0. The topological polar surface area (TPSA) is 99.7 Å². The molecule has 1 aromatic rings. The predicted octanol–water partition coefficient (Wildman–Crippen LogP) is 1.55. The lowest BCUT2D eigenvalue weighted by atomic mass is 10.1. The van der Waals surface area contributed by atoms with E-state index in [2.05, 4.69) is 14.6 Å². The van der Waals surface area contributed by atoms with Crippen molar-refractivity contribution >= 4 is 25.9 Å². The lowest BCUT2D eigenvalue weighted by molar-refractivity contribution is 0.346. The molecule has 0 spiro atoms. The molecule has 1 N–H and O–H groups in total. The maximum Gasteiger partial charge on any atom is 0.244 e. The lowest BCUT2D eigenvalue weighted by Crippen LogP contribution is -2.45. The summed E-state index contributed by atoms with van der Waals surface area (Å²) in [7, 11) is -6.67. The molecule has 3 rings (SSSR count). The normalized spacial score (nSPS) is 20.4. The van der Waals surface area contributed by atoms with E-state index in [1.165, 1.54) is 6.20 Å². The van der Waals surface area contributed by atoms with Gasteiger partial charge in [0.2, 0.25) is 20.0 Å². The number of hydrogen-bond donors (Lipinski definition) is 1. The summed E-state index contributed by atoms with van der Waals surface area (Å²) >= 11 is 0. The number of sulfonamides is 2. The van der Waals surface area contributed by atoms with Crippen LogP contribution in [0.25, 0.3) is 0 Å². The first-order valence-electron chi connectivity index (χ1n) is 10.0. The molecule has 28 heavy (non-hydrogen) atoms. The van der Waals surface area contributed by atoms with Crippen LogP contribution in [0.1, 0.15) is 45.4 Å². The molecule has 3 heterocycles. The van der Waals surface area contributed by atoms with Crippen LogP contribution in [-0.2, 0) is 20.0 Å². The minimum atomic E-state index is -3.47. The highest BCUT2D eigenvalue weighted by atomic mass is 32.2. The Balaban J connectivity index is 1.59. The molecule has 0 aromatic carbocycles. The average Bonchev–Trinajstić information content (AvgIpc) is 2.69. The molecule has 0 atom stereocenters. The summed E-state index contributed by atoms with van der Waals surface area (Å²) in [6.07, 6.45) is 6.34. The van der Waals surface area contributed by atoms with Crippen molar-refractivity contribution in [1.29, 1.82) is 0 Å². The van der Waals surface area contributed by atoms with Crippen LogP contribution < -0.4 is 9.62 Å². The van der Waals surface area contributed by atoms with E-state index in [0.29, 0.717) is 45.4 Å². The SMILES string of the molecule is CCCS(=O)(=O)NC1CCN(c2ccc(S(=O)(=O)N3CCCCC3)cn2)CC1. The van der Waals surface area contributed by atoms with Crippen molar-refractivity contribution in [2.45, 2.75) is 56.4 Å². The molecule has 0 saturated carbocycles. The molecule has 2 aliphatic rings. The molecule has 0 bridgehead atoms. The number of nitrogens with one attached hydrogen (secondary N) is 1. The van der Waals surface area contributed by atoms with Crippen LogP contribution in [0.2, 0.25) is 0 Å². The van der Waals surface area contributed by atoms with Gasteiger partial charge < -0.3 is 4.90 Å². The summed E-state index contributed by atoms with van der Waals surface area (Å²) in [4.78, 5) is 6.68. The van der Waals surface area contributed by atoms with Crippen LogP contribution >= 0.6 is 0 Å². The lowest BCUT2D eigenvalue weighted by Gasteiger charge is -2.33. The van der Waals surface area contributed by atoms with E-state index in [4.69, 9.17) is 0 Å². The first kappa shape index (κ1) is 21.5. The third-order valence-corrected chi connectivity index (χ3v) is 8.83. The van der Waals surface area contributed by atoms with Gasteiger partial charge in [-0.15, -0.1) is 0 Å². The third-order valence-electron chi connectivity index (χ3n) is 5.31. The van der Waals surface area contributed by atoms with E-state index < -0.39 is 20.0 Å². The van der Waals surface area contributed by atoms with Crippen molar-refractivity contribution in [1.82, 2.24) is 14.0 Å². The van der Waals surface area contributed by atoms with Crippen molar-refractivity contribution in [3.8, 4) is 0 Å². The van der Waals surface area contributed by atoms with Crippen molar-refractivity contribution < 1.29 is 16.8 Å². The first-order chi connectivity index (χ1) is 13.3. The first-order valence-corrected chi connectivity index (χ1v) is 13.1. The molecule has 1 aromatic heterocycles. The molecule has 2 saturated heterocycles. The Hall–Kier alpha value is -1.23. The Morgan fingerprint density at radius 2 is 1.71 bits per heavy atom. The van der Waals surface area contributed by atoms with Gasteiger partial charge in [-0.2, -0.15) is 4.31 Å². The highest BCUT2D eigenvalue weighted by Crippen LogP contribution is 2.23. The molecular formula is C18H30N4O4S2. The van der Waals surface area contributed by atoms with Gasteiger partial charge in [-0.3, -0.25) is 0 Å². The van der Waals surface area contributed by atoms with Gasteiger partial charge in [0.25, 0.3) is 0 Å². The van der Waals surface area contributed by atoms with Crippen LogP contribution in [0.3, 0.4) is 0 Å². The van der Waals surface area contributed by atoms with Gasteiger partial charge in [0.15, 0.2) is 0 Å². The van der Waals surface area contributed by atoms with Crippen molar-refractivity contribution in [3.05, 3.63) is 18.3 Å². The van der Waals surface area contributed by atoms with Crippen LogP contribution in [0.4, 0.5) is 5.82 Å². The number of piperidine rings is 2. The molecule has 8 nitrogen and oxygen atoms in total. The standard InChI is InChI=1S/C18H30N4O4S2/c1-2-14-27(23,24)20-16-8-12-21(13-9-16)18-7-6-17(15-19-18)28(25,26)22-10-4-3-5-11-22/h6-7,15-16,20H,2-5,8-14H2,1H3. The fourth-order valence-electron chi connectivity index (χ4n) is 3.77. The van der Waals surface area contributed by atoms with Crippen LogP contribution in [-0.4, -0.2) is 64.1 Å². The quantitative estimate of drug-likeness (QED) is 0.705. The van der Waals surface area contributed by atoms with Crippen LogP contribution in [0.5, 0.6) is 0 Å². The zero-order valence-corrected chi connectivity index (χ0v) is 18.0. The van der Waals surface area contributed by atoms with Gasteiger partial charge in [-0.1, -0.05) is 13.3 Å². The van der Waals surface area contributed by atoms with Crippen molar-refractivity contribution in [2.75, 3.05) is 36.8 Å². The molecule has 2 aliphatic heterocycles. The average molecular weight is 431 g/mol. The largest absolute Gasteiger partial charge is 0.357 e. The molecule has 2 fully saturated rings. The van der Waals surface area contributed by atoms with E-state index >= 15 is 0 Å². The van der Waals surface area contributed by atoms with Gasteiger partial charge in [0.05, 0.1) is 5.75 Å². The summed E-state index contributed by atoms with van der Waals surface area (Å²) in [6.45, 7) is 4.37. The summed E-state index contributed by atoms with van der Waals surface area (Å²) in [6, 6.07) is 3.33. The number of hydrogen-bond acceptors (Lipinski definition) is 6. The zero-order chi connectivity index (χ0) is 20.2. The van der Waals surface area contributed by atoms with E-state index in [9.17, 15) is 16.8 Å². The summed E-state index contributed by atoms with van der Waals surface area (Å²) < 4.78 is 53.6. The monoisotopic (exact) mass is 430 g/mol. The Morgan fingerprint density at radius 3 is 2.29 bits per heavy atom. The third kappa shape index (κ3) is 5.22. The fraction of sp³-hybridized carbons (Fsp3) is 0.722. The van der Waals surface area contributed by atoms with Gasteiger partial charge >= 0.3 is 0 Å². The fourth-order valence-corrected chi connectivity index (χ4v) is 6.64. The maximum atomic E-state index is 12.7. The van der Waals surface area contributed by atoms with E-state index in [-0.39, 0.29) is 16.7 Å². The number of anilines is 1. The van der Waals surface area contributed by atoms with Crippen molar-refractivity contribution in [2.24, 2.45) is 0 Å². The second kappa shape index (κ2) is 9.06. The Kier molecular flexibility index (Phi) is 6.95. The maximum absolute atomic E-state index is 12.7. The molecule has 0 radical (unpaired) electrons. The minimum absolute atomic E-state index is 0.0495. The highest BCUT2D eigenvalue weighted by Gasteiger charge is 2.27. The van der Waals surface area contributed by atoms with Crippen molar-refractivity contribution in [3.63, 3.8) is 0 Å². The van der Waals surface area contributed by atoms with E-state index in [0.717, 1.165) is 25.1 Å². The van der Waals surface area contributed by atoms with Gasteiger partial charge in [-0.25, -0.2) is 26.5 Å². The van der Waals surface area contributed by atoms with Crippen LogP contribution in [0, 0.1) is 0 Å². The molecule has 0 aliphatic carbocycles. The van der Waals surface area contributed by atoms with Gasteiger partial charge in [0.1, 0.15) is 10.7 Å². The van der Waals surface area contributed by atoms with Gasteiger partial charge in [0, 0.05) is 38.4 Å². The zero-order valence-electron chi connectivity index (χ0n) is 16.4. The molecular weight excluding hydrogens is 400 g/mol. The summed E-state index contributed by atoms with van der Waals surface area (Å²) in [5.74, 6) is 0.884. The van der Waals surface area contributed by atoms with E-state index in [1.807, 2.05) is 6.92 Å². The number of pyridine rings is 1. The Labute approximate surface area is 168 Å². The smallest absolute Gasteiger partial charge is 0.244 e. The van der Waals surface area contributed by atoms with Crippen LogP contribution in [0.15, 0.2) is 23.2 Å². The minimum Gasteiger partial charge on any atom is -0.357 e. The molecule has 0 unspecified atom stereocenters. The molecule has 10 heteroatoms. The number of nitrogens with zero attached hydrogens (tertiary/aromatic N) is 3. The highest BCUT2D eigenvalue weighted by molar-refractivity contribution is 7.89. The molecule has 0 amide bonds.